The predicted molar refractivity (Wildman–Crippen MR) is 97.5 cm³/mol. The zero-order chi connectivity index (χ0) is 17.5. The average Bonchev–Trinajstić information content (AvgIpc) is 2.85. The highest BCUT2D eigenvalue weighted by atomic mass is 32.2. The Balaban J connectivity index is 1.99. The maximum Gasteiger partial charge on any atom is 0.256 e. The Kier molecular flexibility index (Phi) is 7.37. The largest absolute Gasteiger partial charge is 0.497 e. The average molecular weight is 354 g/mol. The lowest BCUT2D eigenvalue weighted by molar-refractivity contribution is 0.0754. The van der Waals surface area contributed by atoms with Crippen LogP contribution in [0.1, 0.15) is 30.6 Å². The lowest BCUT2D eigenvalue weighted by Gasteiger charge is -2.27. The summed E-state index contributed by atoms with van der Waals surface area (Å²) in [6, 6.07) is 4.91. The second-order valence-electron chi connectivity index (χ2n) is 6.04. The fourth-order valence-electron chi connectivity index (χ4n) is 2.94. The number of hydrogen-bond acceptors (Lipinski definition) is 4. The summed E-state index contributed by atoms with van der Waals surface area (Å²) in [7, 11) is 1.48. The first-order valence-corrected chi connectivity index (χ1v) is 9.66. The lowest BCUT2D eigenvalue weighted by Crippen LogP contribution is -2.39. The third-order valence-corrected chi connectivity index (χ3v) is 5.54. The molecule has 1 aliphatic rings. The Morgan fingerprint density at radius 3 is 2.79 bits per heavy atom. The number of ether oxygens (including phenoxy) is 1. The van der Waals surface area contributed by atoms with Crippen molar-refractivity contribution >= 4 is 17.7 Å². The van der Waals surface area contributed by atoms with Gasteiger partial charge in [0.15, 0.2) is 0 Å². The van der Waals surface area contributed by atoms with E-state index in [4.69, 9.17) is 4.74 Å². The number of nitrogens with zero attached hydrogens (tertiary/aromatic N) is 2. The molecule has 0 radical (unpaired) electrons. The molecule has 24 heavy (non-hydrogen) atoms. The zero-order valence-corrected chi connectivity index (χ0v) is 15.6. The van der Waals surface area contributed by atoms with Crippen molar-refractivity contribution in [3.05, 3.63) is 29.6 Å². The molecule has 4 nitrogen and oxygen atoms in total. The molecule has 0 aromatic heterocycles. The van der Waals surface area contributed by atoms with E-state index in [9.17, 15) is 9.18 Å². The highest BCUT2D eigenvalue weighted by Gasteiger charge is 2.24. The summed E-state index contributed by atoms with van der Waals surface area (Å²) in [5.74, 6) is 1.91. The van der Waals surface area contributed by atoms with Crippen LogP contribution in [0.4, 0.5) is 4.39 Å². The summed E-state index contributed by atoms with van der Waals surface area (Å²) in [6.07, 6.45) is 0.921. The van der Waals surface area contributed by atoms with Gasteiger partial charge in [0.05, 0.1) is 12.7 Å². The summed E-state index contributed by atoms with van der Waals surface area (Å²) >= 11 is 1.94. The molecular weight excluding hydrogens is 327 g/mol. The predicted octanol–water partition coefficient (Wildman–Crippen LogP) is 3.12. The molecule has 0 saturated carbocycles. The molecule has 1 aromatic carbocycles. The highest BCUT2D eigenvalue weighted by Crippen LogP contribution is 2.19. The first-order valence-electron chi connectivity index (χ1n) is 8.51. The van der Waals surface area contributed by atoms with Crippen LogP contribution in [0.5, 0.6) is 5.75 Å². The van der Waals surface area contributed by atoms with Crippen molar-refractivity contribution in [2.75, 3.05) is 44.8 Å². The van der Waals surface area contributed by atoms with E-state index in [1.54, 1.807) is 11.0 Å². The van der Waals surface area contributed by atoms with Crippen LogP contribution in [-0.4, -0.2) is 66.5 Å². The summed E-state index contributed by atoms with van der Waals surface area (Å²) in [5, 5.41) is 0. The Bertz CT molecular complexity index is 556. The number of benzene rings is 1. The summed E-state index contributed by atoms with van der Waals surface area (Å²) in [6.45, 7) is 7.56. The Hall–Kier alpha value is -1.27. The Labute approximate surface area is 148 Å². The third kappa shape index (κ3) is 4.86. The van der Waals surface area contributed by atoms with Gasteiger partial charge in [-0.2, -0.15) is 11.8 Å². The van der Waals surface area contributed by atoms with Gasteiger partial charge >= 0.3 is 0 Å². The normalized spacial score (nSPS) is 17.4. The van der Waals surface area contributed by atoms with Crippen molar-refractivity contribution in [2.24, 2.45) is 0 Å². The van der Waals surface area contributed by atoms with Crippen LogP contribution in [0.2, 0.25) is 0 Å². The van der Waals surface area contributed by atoms with Crippen LogP contribution in [0.3, 0.4) is 0 Å². The molecule has 134 valence electrons. The number of thioether (sulfide) groups is 1. The van der Waals surface area contributed by atoms with Crippen LogP contribution in [-0.2, 0) is 0 Å². The van der Waals surface area contributed by atoms with Crippen LogP contribution in [0, 0.1) is 5.82 Å². The first kappa shape index (κ1) is 19.1. The monoisotopic (exact) mass is 354 g/mol. The van der Waals surface area contributed by atoms with Crippen LogP contribution in [0.15, 0.2) is 18.2 Å². The van der Waals surface area contributed by atoms with Crippen molar-refractivity contribution in [1.29, 1.82) is 0 Å². The smallest absolute Gasteiger partial charge is 0.256 e. The second kappa shape index (κ2) is 9.28. The molecular formula is C18H27FN2O2S. The Morgan fingerprint density at radius 2 is 2.12 bits per heavy atom. The zero-order valence-electron chi connectivity index (χ0n) is 14.8. The van der Waals surface area contributed by atoms with Crippen molar-refractivity contribution in [2.45, 2.75) is 26.3 Å². The van der Waals surface area contributed by atoms with E-state index >= 15 is 0 Å². The van der Waals surface area contributed by atoms with Crippen LogP contribution < -0.4 is 4.74 Å². The summed E-state index contributed by atoms with van der Waals surface area (Å²) in [5.41, 5.74) is 0.124. The van der Waals surface area contributed by atoms with Gasteiger partial charge in [-0.05, 0) is 31.2 Å². The topological polar surface area (TPSA) is 32.8 Å². The molecule has 6 heteroatoms. The van der Waals surface area contributed by atoms with E-state index in [0.29, 0.717) is 24.9 Å². The third-order valence-electron chi connectivity index (χ3n) is 4.41. The maximum atomic E-state index is 14.1. The number of hydrogen-bond donors (Lipinski definition) is 0. The van der Waals surface area contributed by atoms with Gasteiger partial charge in [0.1, 0.15) is 11.6 Å². The summed E-state index contributed by atoms with van der Waals surface area (Å²) < 4.78 is 19.1. The highest BCUT2D eigenvalue weighted by molar-refractivity contribution is 7.99. The molecule has 0 bridgehead atoms. The molecule has 1 atom stereocenters. The van der Waals surface area contributed by atoms with Crippen LogP contribution >= 0.6 is 11.8 Å². The second-order valence-corrected chi connectivity index (χ2v) is 7.35. The van der Waals surface area contributed by atoms with E-state index in [-0.39, 0.29) is 11.5 Å². The van der Waals surface area contributed by atoms with E-state index < -0.39 is 5.82 Å². The minimum Gasteiger partial charge on any atom is -0.497 e. The summed E-state index contributed by atoms with van der Waals surface area (Å²) in [4.78, 5) is 16.8. The fraction of sp³-hybridized carbons (Fsp3) is 0.611. The maximum absolute atomic E-state index is 14.1. The molecule has 0 spiro atoms. The Morgan fingerprint density at radius 1 is 1.33 bits per heavy atom. The molecule has 1 aromatic rings. The molecule has 1 saturated heterocycles. The van der Waals surface area contributed by atoms with Gasteiger partial charge in [0, 0.05) is 44.0 Å². The lowest BCUT2D eigenvalue weighted by atomic mass is 10.1. The van der Waals surface area contributed by atoms with Gasteiger partial charge in [-0.25, -0.2) is 4.39 Å². The number of amides is 1. The van der Waals surface area contributed by atoms with Gasteiger partial charge < -0.3 is 9.64 Å². The molecule has 2 rings (SSSR count). The van der Waals surface area contributed by atoms with E-state index in [0.717, 1.165) is 31.0 Å². The van der Waals surface area contributed by atoms with Gasteiger partial charge in [-0.15, -0.1) is 0 Å². The minimum absolute atomic E-state index is 0.124. The minimum atomic E-state index is -0.520. The molecule has 1 aliphatic heterocycles. The van der Waals surface area contributed by atoms with Gasteiger partial charge in [-0.1, -0.05) is 6.92 Å². The van der Waals surface area contributed by atoms with E-state index in [1.807, 2.05) is 11.8 Å². The van der Waals surface area contributed by atoms with E-state index in [1.165, 1.54) is 19.2 Å². The number of carbonyl (C=O) groups is 1. The molecule has 1 amide bonds. The SMILES string of the molecule is CCSCC(C)N1CCCN(C(=O)c2ccc(OC)cc2F)CC1. The standard InChI is InChI=1S/C18H27FN2O2S/c1-4-24-13-14(2)20-8-5-9-21(11-10-20)18(22)16-7-6-15(23-3)12-17(16)19/h6-7,12,14H,4-5,8-11,13H2,1-3H3. The van der Waals surface area contributed by atoms with Gasteiger partial charge in [-0.3, -0.25) is 9.69 Å². The number of carbonyl (C=O) groups excluding carboxylic acids is 1. The van der Waals surface area contributed by atoms with Crippen molar-refractivity contribution in [3.63, 3.8) is 0 Å². The van der Waals surface area contributed by atoms with Crippen LogP contribution in [0.25, 0.3) is 0 Å². The fourth-order valence-corrected chi connectivity index (χ4v) is 3.73. The van der Waals surface area contributed by atoms with Gasteiger partial charge in [0.2, 0.25) is 0 Å². The number of rotatable bonds is 6. The van der Waals surface area contributed by atoms with Crippen molar-refractivity contribution in [1.82, 2.24) is 9.80 Å². The van der Waals surface area contributed by atoms with E-state index in [2.05, 4.69) is 18.7 Å². The van der Waals surface area contributed by atoms with Crippen molar-refractivity contribution < 1.29 is 13.9 Å². The molecule has 0 aliphatic carbocycles. The molecule has 1 fully saturated rings. The first-order chi connectivity index (χ1) is 11.6. The number of methoxy groups -OCH3 is 1. The molecule has 1 unspecified atom stereocenters. The quantitative estimate of drug-likeness (QED) is 0.786. The molecule has 1 heterocycles. The van der Waals surface area contributed by atoms with Crippen molar-refractivity contribution in [3.8, 4) is 5.75 Å². The molecule has 0 N–H and O–H groups in total. The van der Waals surface area contributed by atoms with Gasteiger partial charge in [0.25, 0.3) is 5.91 Å². The number of halogens is 1.